The summed E-state index contributed by atoms with van der Waals surface area (Å²) in [6, 6.07) is 2.84. The van der Waals surface area contributed by atoms with Crippen LogP contribution in [-0.4, -0.2) is 89.3 Å². The average molecular weight is 560 g/mol. The average Bonchev–Trinajstić information content (AvgIpc) is 3.54. The summed E-state index contributed by atoms with van der Waals surface area (Å²) in [5, 5.41) is 18.4. The van der Waals surface area contributed by atoms with Crippen molar-refractivity contribution in [1.82, 2.24) is 25.7 Å². The lowest BCUT2D eigenvalue weighted by Gasteiger charge is -2.27. The highest BCUT2D eigenvalue weighted by Crippen LogP contribution is 2.26. The van der Waals surface area contributed by atoms with E-state index in [2.05, 4.69) is 20.8 Å². The van der Waals surface area contributed by atoms with Gasteiger partial charge in [-0.2, -0.15) is 4.98 Å². The molecule has 0 radical (unpaired) electrons. The molecule has 1 aliphatic heterocycles. The fraction of sp³-hybridized carbons (Fsp3) is 0.556. The number of aryl methyl sites for hydroxylation is 1. The first-order valence-electron chi connectivity index (χ1n) is 13.1. The maximum absolute atomic E-state index is 13.2. The number of likely N-dealkylation sites (tertiary alicyclic amines) is 1. The van der Waals surface area contributed by atoms with Crippen LogP contribution in [0.5, 0.6) is 5.75 Å². The number of carbonyl (C=O) groups is 4. The molecule has 1 saturated heterocycles. The van der Waals surface area contributed by atoms with Crippen LogP contribution in [0.3, 0.4) is 0 Å². The molecule has 1 fully saturated rings. The fourth-order valence-electron chi connectivity index (χ4n) is 4.63. The van der Waals surface area contributed by atoms with Gasteiger partial charge in [-0.3, -0.25) is 24.1 Å². The van der Waals surface area contributed by atoms with Gasteiger partial charge in [0, 0.05) is 24.8 Å². The molecule has 1 aromatic carbocycles. The summed E-state index contributed by atoms with van der Waals surface area (Å²) >= 11 is 0. The minimum atomic E-state index is -1.25. The van der Waals surface area contributed by atoms with Crippen molar-refractivity contribution in [3.05, 3.63) is 29.6 Å². The molecule has 40 heavy (non-hydrogen) atoms. The van der Waals surface area contributed by atoms with Crippen LogP contribution in [0.25, 0.3) is 11.5 Å². The Morgan fingerprint density at radius 2 is 1.95 bits per heavy atom. The Labute approximate surface area is 232 Å². The summed E-state index contributed by atoms with van der Waals surface area (Å²) in [7, 11) is 3.03. The Hall–Kier alpha value is -3.84. The third-order valence-corrected chi connectivity index (χ3v) is 6.69. The molecule has 1 aliphatic rings. The number of carboxylic acid groups (broad SMARTS) is 1. The van der Waals surface area contributed by atoms with Gasteiger partial charge in [0.05, 0.1) is 32.5 Å². The summed E-state index contributed by atoms with van der Waals surface area (Å²) in [4.78, 5) is 56.8. The van der Waals surface area contributed by atoms with E-state index in [1.165, 1.54) is 7.11 Å². The number of carbonyl (C=O) groups excluding carboxylic acids is 3. The fourth-order valence-corrected chi connectivity index (χ4v) is 4.63. The van der Waals surface area contributed by atoms with E-state index < -0.39 is 42.1 Å². The molecular formula is C27H37N5O8. The van der Waals surface area contributed by atoms with Crippen LogP contribution < -0.4 is 15.4 Å². The van der Waals surface area contributed by atoms with Gasteiger partial charge in [-0.15, -0.1) is 0 Å². The van der Waals surface area contributed by atoms with E-state index in [9.17, 15) is 24.3 Å². The van der Waals surface area contributed by atoms with Gasteiger partial charge < -0.3 is 29.7 Å². The summed E-state index contributed by atoms with van der Waals surface area (Å²) < 4.78 is 16.0. The molecule has 218 valence electrons. The maximum Gasteiger partial charge on any atom is 0.305 e. The summed E-state index contributed by atoms with van der Waals surface area (Å²) in [5.74, 6) is -1.90. The number of nitrogens with one attached hydrogen (secondary N) is 2. The molecular weight excluding hydrogens is 522 g/mol. The SMILES string of the molecule is COc1ccc(-c2nc(C)no2)cc1CC(=O)N[C@H](C(=O)NC(CC(=O)O)C(=O)CN1CCC[C@H]1OC)C(C)C. The van der Waals surface area contributed by atoms with Crippen LogP contribution >= 0.6 is 0 Å². The number of benzene rings is 1. The smallest absolute Gasteiger partial charge is 0.305 e. The van der Waals surface area contributed by atoms with Crippen LogP contribution in [0, 0.1) is 12.8 Å². The Bertz CT molecular complexity index is 1210. The number of carboxylic acids is 1. The second-order valence-electron chi connectivity index (χ2n) is 10.1. The number of aliphatic carboxylic acids is 1. The predicted molar refractivity (Wildman–Crippen MR) is 142 cm³/mol. The number of amides is 2. The Morgan fingerprint density at radius 1 is 1.20 bits per heavy atom. The van der Waals surface area contributed by atoms with E-state index in [1.54, 1.807) is 46.1 Å². The molecule has 0 bridgehead atoms. The quantitative estimate of drug-likeness (QED) is 0.305. The van der Waals surface area contributed by atoms with Crippen molar-refractivity contribution in [1.29, 1.82) is 0 Å². The number of nitrogens with zero attached hydrogens (tertiary/aromatic N) is 3. The van der Waals surface area contributed by atoms with Gasteiger partial charge in [0.1, 0.15) is 18.0 Å². The summed E-state index contributed by atoms with van der Waals surface area (Å²) in [6.07, 6.45) is 0.695. The van der Waals surface area contributed by atoms with Crippen molar-refractivity contribution < 1.29 is 38.3 Å². The molecule has 0 aliphatic carbocycles. The Balaban J connectivity index is 1.70. The van der Waals surface area contributed by atoms with Crippen molar-refractivity contribution in [2.75, 3.05) is 27.3 Å². The lowest BCUT2D eigenvalue weighted by molar-refractivity contribution is -0.141. The van der Waals surface area contributed by atoms with Gasteiger partial charge in [0.25, 0.3) is 5.89 Å². The van der Waals surface area contributed by atoms with Gasteiger partial charge in [0.2, 0.25) is 11.8 Å². The zero-order chi connectivity index (χ0) is 29.4. The number of rotatable bonds is 14. The highest BCUT2D eigenvalue weighted by atomic mass is 16.5. The number of aromatic nitrogens is 2. The lowest BCUT2D eigenvalue weighted by Crippen LogP contribution is -2.55. The zero-order valence-corrected chi connectivity index (χ0v) is 23.4. The molecule has 2 aromatic rings. The van der Waals surface area contributed by atoms with E-state index in [0.29, 0.717) is 35.1 Å². The molecule has 2 amide bonds. The largest absolute Gasteiger partial charge is 0.496 e. The van der Waals surface area contributed by atoms with Gasteiger partial charge in [-0.1, -0.05) is 19.0 Å². The lowest BCUT2D eigenvalue weighted by atomic mass is 10.0. The molecule has 1 aromatic heterocycles. The van der Waals surface area contributed by atoms with Gasteiger partial charge in [-0.05, 0) is 43.9 Å². The highest BCUT2D eigenvalue weighted by molar-refractivity contribution is 5.95. The number of Topliss-reactive ketones (excluding diaryl/α,β-unsaturated/α-hetero) is 1. The van der Waals surface area contributed by atoms with Crippen molar-refractivity contribution in [2.45, 2.75) is 64.8 Å². The van der Waals surface area contributed by atoms with Crippen molar-refractivity contribution >= 4 is 23.6 Å². The van der Waals surface area contributed by atoms with E-state index in [1.807, 2.05) is 4.90 Å². The van der Waals surface area contributed by atoms with Gasteiger partial charge in [-0.25, -0.2) is 0 Å². The predicted octanol–water partition coefficient (Wildman–Crippen LogP) is 1.33. The van der Waals surface area contributed by atoms with Crippen LogP contribution in [-0.2, 0) is 30.3 Å². The molecule has 13 heteroatoms. The standard InChI is InChI=1S/C27H37N5O8/c1-15(2)25(26(37)29-19(13-24(35)36)20(33)14-32-10-6-7-23(32)39-5)30-22(34)12-18-11-17(8-9-21(18)38-4)27-28-16(3)31-40-27/h8-9,11,15,19,23,25H,6-7,10,12-14H2,1-5H3,(H,29,37)(H,30,34)(H,35,36)/t19?,23-,25+/m1/s1. The maximum atomic E-state index is 13.2. The highest BCUT2D eigenvalue weighted by Gasteiger charge is 2.33. The van der Waals surface area contributed by atoms with E-state index in [-0.39, 0.29) is 25.1 Å². The number of hydrogen-bond acceptors (Lipinski definition) is 10. The summed E-state index contributed by atoms with van der Waals surface area (Å²) in [6.45, 7) is 5.76. The topological polar surface area (TPSA) is 173 Å². The third kappa shape index (κ3) is 8.09. The minimum Gasteiger partial charge on any atom is -0.496 e. The number of ether oxygens (including phenoxy) is 2. The van der Waals surface area contributed by atoms with Crippen molar-refractivity contribution in [3.8, 4) is 17.2 Å². The second-order valence-corrected chi connectivity index (χ2v) is 10.1. The Kier molecular flexibility index (Phi) is 10.7. The van der Waals surface area contributed by atoms with E-state index in [0.717, 1.165) is 12.8 Å². The monoisotopic (exact) mass is 559 g/mol. The van der Waals surface area contributed by atoms with Gasteiger partial charge in [0.15, 0.2) is 11.6 Å². The van der Waals surface area contributed by atoms with E-state index in [4.69, 9.17) is 14.0 Å². The number of hydrogen-bond donors (Lipinski definition) is 3. The van der Waals surface area contributed by atoms with Crippen molar-refractivity contribution in [2.24, 2.45) is 5.92 Å². The van der Waals surface area contributed by atoms with Crippen LogP contribution in [0.1, 0.15) is 44.5 Å². The second kappa shape index (κ2) is 14.0. The molecule has 13 nitrogen and oxygen atoms in total. The first-order chi connectivity index (χ1) is 19.0. The molecule has 3 N–H and O–H groups in total. The third-order valence-electron chi connectivity index (χ3n) is 6.69. The van der Waals surface area contributed by atoms with Gasteiger partial charge >= 0.3 is 5.97 Å². The molecule has 1 unspecified atom stereocenters. The van der Waals surface area contributed by atoms with Crippen molar-refractivity contribution in [3.63, 3.8) is 0 Å². The number of ketones is 1. The van der Waals surface area contributed by atoms with E-state index >= 15 is 0 Å². The normalized spacial score (nSPS) is 16.9. The molecule has 3 rings (SSSR count). The molecule has 2 heterocycles. The molecule has 0 spiro atoms. The Morgan fingerprint density at radius 3 is 2.55 bits per heavy atom. The number of methoxy groups -OCH3 is 2. The first-order valence-corrected chi connectivity index (χ1v) is 13.1. The van der Waals surface area contributed by atoms with Crippen LogP contribution in [0.2, 0.25) is 0 Å². The minimum absolute atomic E-state index is 0.0505. The molecule has 0 saturated carbocycles. The molecule has 3 atom stereocenters. The summed E-state index contributed by atoms with van der Waals surface area (Å²) in [5.41, 5.74) is 1.14. The zero-order valence-electron chi connectivity index (χ0n) is 23.4. The van der Waals surface area contributed by atoms with Crippen LogP contribution in [0.15, 0.2) is 22.7 Å². The first kappa shape index (κ1) is 30.7. The van der Waals surface area contributed by atoms with Crippen LogP contribution in [0.4, 0.5) is 0 Å².